The molecule has 7 heteroatoms. The zero-order valence-electron chi connectivity index (χ0n) is 19.6. The number of hydrogen-bond donors (Lipinski definition) is 0. The molecule has 0 aliphatic carbocycles. The van der Waals surface area contributed by atoms with Gasteiger partial charge in [0.2, 0.25) is 5.91 Å². The number of carbonyl (C=O) groups excluding carboxylic acids is 2. The molecule has 7 nitrogen and oxygen atoms in total. The highest BCUT2D eigenvalue weighted by atomic mass is 16.5. The fourth-order valence-corrected chi connectivity index (χ4v) is 3.45. The molecule has 0 spiro atoms. The average molecular weight is 430 g/mol. The average Bonchev–Trinajstić information content (AvgIpc) is 3.15. The summed E-state index contributed by atoms with van der Waals surface area (Å²) >= 11 is 0. The van der Waals surface area contributed by atoms with E-state index in [1.54, 1.807) is 37.3 Å². The number of rotatable bonds is 11. The third kappa shape index (κ3) is 6.77. The van der Waals surface area contributed by atoms with Gasteiger partial charge in [-0.1, -0.05) is 20.8 Å². The molecule has 0 aliphatic rings. The topological polar surface area (TPSA) is 64.0 Å². The number of nitrogens with zero attached hydrogens (tertiary/aromatic N) is 3. The van der Waals surface area contributed by atoms with Gasteiger partial charge in [-0.2, -0.15) is 0 Å². The first-order valence-corrected chi connectivity index (χ1v) is 10.7. The van der Waals surface area contributed by atoms with E-state index < -0.39 is 0 Å². The van der Waals surface area contributed by atoms with Gasteiger partial charge >= 0.3 is 0 Å². The Bertz CT molecular complexity index is 853. The Morgan fingerprint density at radius 1 is 1.06 bits per heavy atom. The van der Waals surface area contributed by atoms with Crippen molar-refractivity contribution in [1.82, 2.24) is 14.4 Å². The summed E-state index contributed by atoms with van der Waals surface area (Å²) in [7, 11) is 5.06. The monoisotopic (exact) mass is 429 g/mol. The van der Waals surface area contributed by atoms with Crippen molar-refractivity contribution in [2.75, 3.05) is 33.9 Å². The summed E-state index contributed by atoms with van der Waals surface area (Å²) in [6.07, 6.45) is 2.72. The molecule has 0 saturated heterocycles. The highest BCUT2D eigenvalue weighted by Gasteiger charge is 2.24. The van der Waals surface area contributed by atoms with Crippen LogP contribution in [0.2, 0.25) is 0 Å². The van der Waals surface area contributed by atoms with E-state index in [-0.39, 0.29) is 18.4 Å². The van der Waals surface area contributed by atoms with E-state index in [1.165, 1.54) is 0 Å². The Kier molecular flexibility index (Phi) is 8.97. The Hall–Kier alpha value is -2.96. The fraction of sp³-hybridized carbons (Fsp3) is 0.500. The molecule has 0 saturated carbocycles. The van der Waals surface area contributed by atoms with Crippen LogP contribution in [-0.2, 0) is 18.4 Å². The van der Waals surface area contributed by atoms with Gasteiger partial charge in [0.25, 0.3) is 5.91 Å². The van der Waals surface area contributed by atoms with Gasteiger partial charge in [-0.25, -0.2) is 0 Å². The van der Waals surface area contributed by atoms with Crippen LogP contribution >= 0.6 is 0 Å². The maximum absolute atomic E-state index is 13.3. The standard InChI is InChI=1S/C24H35N3O4/c1-7-10-26(24(29)19-12-21(30-5)14-22(13-19)31-6)17-23(28)27(15-18(2)3)16-20-9-8-11-25(20)4/h8-9,11-14,18H,7,10,15-17H2,1-6H3. The maximum Gasteiger partial charge on any atom is 0.254 e. The van der Waals surface area contributed by atoms with Crippen LogP contribution in [0.25, 0.3) is 0 Å². The molecule has 2 amide bonds. The van der Waals surface area contributed by atoms with Gasteiger partial charge in [0.15, 0.2) is 0 Å². The van der Waals surface area contributed by atoms with Gasteiger partial charge in [0, 0.05) is 43.7 Å². The third-order valence-corrected chi connectivity index (χ3v) is 5.05. The second-order valence-corrected chi connectivity index (χ2v) is 8.11. The summed E-state index contributed by atoms with van der Waals surface area (Å²) in [4.78, 5) is 30.0. The van der Waals surface area contributed by atoms with Gasteiger partial charge in [-0.15, -0.1) is 0 Å². The number of benzene rings is 1. The van der Waals surface area contributed by atoms with E-state index in [4.69, 9.17) is 9.47 Å². The number of aromatic nitrogens is 1. The SMILES string of the molecule is CCCN(CC(=O)N(Cc1cccn1C)CC(C)C)C(=O)c1cc(OC)cc(OC)c1. The van der Waals surface area contributed by atoms with Crippen LogP contribution in [0.5, 0.6) is 11.5 Å². The second kappa shape index (κ2) is 11.4. The molecule has 170 valence electrons. The van der Waals surface area contributed by atoms with Crippen molar-refractivity contribution in [3.8, 4) is 11.5 Å². The van der Waals surface area contributed by atoms with Gasteiger partial charge in [-0.3, -0.25) is 9.59 Å². The van der Waals surface area contributed by atoms with E-state index in [2.05, 4.69) is 13.8 Å². The molecule has 1 aromatic heterocycles. The maximum atomic E-state index is 13.3. The molecule has 0 bridgehead atoms. The highest BCUT2D eigenvalue weighted by molar-refractivity contribution is 5.97. The number of aryl methyl sites for hydroxylation is 1. The van der Waals surface area contributed by atoms with Crippen molar-refractivity contribution in [1.29, 1.82) is 0 Å². The number of ether oxygens (including phenoxy) is 2. The zero-order chi connectivity index (χ0) is 23.0. The van der Waals surface area contributed by atoms with E-state index in [0.29, 0.717) is 42.6 Å². The first kappa shape index (κ1) is 24.3. The zero-order valence-corrected chi connectivity index (χ0v) is 19.6. The quantitative estimate of drug-likeness (QED) is 0.548. The second-order valence-electron chi connectivity index (χ2n) is 8.11. The Balaban J connectivity index is 2.23. The predicted molar refractivity (Wildman–Crippen MR) is 121 cm³/mol. The summed E-state index contributed by atoms with van der Waals surface area (Å²) in [6.45, 7) is 7.83. The fourth-order valence-electron chi connectivity index (χ4n) is 3.45. The van der Waals surface area contributed by atoms with Gasteiger partial charge in [-0.05, 0) is 36.6 Å². The minimum atomic E-state index is -0.212. The molecule has 1 aromatic carbocycles. The molecular weight excluding hydrogens is 394 g/mol. The molecule has 0 aliphatic heterocycles. The van der Waals surface area contributed by atoms with Crippen LogP contribution in [0.4, 0.5) is 0 Å². The van der Waals surface area contributed by atoms with Gasteiger partial charge < -0.3 is 23.8 Å². The van der Waals surface area contributed by atoms with Crippen molar-refractivity contribution in [2.45, 2.75) is 33.7 Å². The van der Waals surface area contributed by atoms with E-state index in [9.17, 15) is 9.59 Å². The molecule has 0 radical (unpaired) electrons. The lowest BCUT2D eigenvalue weighted by molar-refractivity contribution is -0.133. The molecule has 0 atom stereocenters. The van der Waals surface area contributed by atoms with Crippen LogP contribution < -0.4 is 9.47 Å². The summed E-state index contributed by atoms with van der Waals surface area (Å²) < 4.78 is 12.6. The highest BCUT2D eigenvalue weighted by Crippen LogP contribution is 2.23. The number of methoxy groups -OCH3 is 2. The van der Waals surface area contributed by atoms with Crippen LogP contribution in [-0.4, -0.2) is 60.0 Å². The summed E-state index contributed by atoms with van der Waals surface area (Å²) in [6, 6.07) is 9.05. The lowest BCUT2D eigenvalue weighted by Crippen LogP contribution is -2.44. The van der Waals surface area contributed by atoms with E-state index >= 15 is 0 Å². The van der Waals surface area contributed by atoms with Crippen molar-refractivity contribution < 1.29 is 19.1 Å². The minimum Gasteiger partial charge on any atom is -0.497 e. The summed E-state index contributed by atoms with van der Waals surface area (Å²) in [5, 5.41) is 0. The lowest BCUT2D eigenvalue weighted by Gasteiger charge is -2.29. The van der Waals surface area contributed by atoms with Crippen LogP contribution in [0, 0.1) is 5.92 Å². The summed E-state index contributed by atoms with van der Waals surface area (Å²) in [5.41, 5.74) is 1.50. The number of amides is 2. The van der Waals surface area contributed by atoms with E-state index in [1.807, 2.05) is 41.8 Å². The molecular formula is C24H35N3O4. The van der Waals surface area contributed by atoms with Crippen molar-refractivity contribution >= 4 is 11.8 Å². The largest absolute Gasteiger partial charge is 0.497 e. The van der Waals surface area contributed by atoms with Crippen molar-refractivity contribution in [2.24, 2.45) is 13.0 Å². The van der Waals surface area contributed by atoms with E-state index in [0.717, 1.165) is 12.1 Å². The Labute approximate surface area is 185 Å². The van der Waals surface area contributed by atoms with Crippen molar-refractivity contribution in [3.05, 3.63) is 47.8 Å². The van der Waals surface area contributed by atoms with Crippen molar-refractivity contribution in [3.63, 3.8) is 0 Å². The molecule has 2 aromatic rings. The lowest BCUT2D eigenvalue weighted by atomic mass is 10.1. The molecule has 31 heavy (non-hydrogen) atoms. The molecule has 0 unspecified atom stereocenters. The molecule has 0 fully saturated rings. The number of carbonyl (C=O) groups is 2. The van der Waals surface area contributed by atoms with Crippen LogP contribution in [0.1, 0.15) is 43.2 Å². The summed E-state index contributed by atoms with van der Waals surface area (Å²) in [5.74, 6) is 1.12. The first-order chi connectivity index (χ1) is 14.8. The minimum absolute atomic E-state index is 0.0311. The number of hydrogen-bond acceptors (Lipinski definition) is 4. The normalized spacial score (nSPS) is 10.8. The van der Waals surface area contributed by atoms with Crippen LogP contribution in [0.15, 0.2) is 36.5 Å². The molecule has 2 rings (SSSR count). The Morgan fingerprint density at radius 2 is 1.71 bits per heavy atom. The Morgan fingerprint density at radius 3 is 2.19 bits per heavy atom. The third-order valence-electron chi connectivity index (χ3n) is 5.05. The molecule has 0 N–H and O–H groups in total. The first-order valence-electron chi connectivity index (χ1n) is 10.7. The van der Waals surface area contributed by atoms with Gasteiger partial charge in [0.1, 0.15) is 18.0 Å². The smallest absolute Gasteiger partial charge is 0.254 e. The molecule has 1 heterocycles. The van der Waals surface area contributed by atoms with Crippen LogP contribution in [0.3, 0.4) is 0 Å². The predicted octanol–water partition coefficient (Wildman–Crippen LogP) is 3.58. The van der Waals surface area contributed by atoms with Gasteiger partial charge in [0.05, 0.1) is 20.8 Å².